The van der Waals surface area contributed by atoms with E-state index in [4.69, 9.17) is 10.5 Å². The van der Waals surface area contributed by atoms with Crippen molar-refractivity contribution in [3.05, 3.63) is 35.4 Å². The minimum atomic E-state index is -0.822. The topological polar surface area (TPSA) is 55.6 Å². The van der Waals surface area contributed by atoms with Crippen LogP contribution in [0, 0.1) is 18.3 Å². The Morgan fingerprint density at radius 2 is 2.00 bits per heavy atom. The number of likely N-dealkylation sites (N-methyl/N-ethyl adjacent to an activating group) is 1. The van der Waals surface area contributed by atoms with Gasteiger partial charge in [-0.15, -0.1) is 0 Å². The van der Waals surface area contributed by atoms with Crippen molar-refractivity contribution in [1.29, 1.82) is 0 Å². The lowest BCUT2D eigenvalue weighted by Crippen LogP contribution is -2.82. The number of aryl methyl sites for hydroxylation is 1. The molecule has 1 amide bonds. The molecule has 1 saturated heterocycles. The van der Waals surface area contributed by atoms with Crippen LogP contribution in [0.3, 0.4) is 0 Å². The van der Waals surface area contributed by atoms with Crippen molar-refractivity contribution in [1.82, 2.24) is 4.90 Å². The van der Waals surface area contributed by atoms with Crippen LogP contribution in [0.2, 0.25) is 0 Å². The molecule has 1 aliphatic carbocycles. The standard InChI is InChI=1S/C19H28N2O2/c1-13-7-9-14(10-8-13)12-21(4)17(22)19(20)15-6-5-11-23-16(15)18(19,2)3/h7-10,15-16H,5-6,11-12,20H2,1-4H3. The van der Waals surface area contributed by atoms with Gasteiger partial charge in [-0.3, -0.25) is 4.79 Å². The minimum Gasteiger partial charge on any atom is -0.377 e. The third-order valence-corrected chi connectivity index (χ3v) is 5.93. The molecule has 0 aromatic heterocycles. The second kappa shape index (κ2) is 5.60. The van der Waals surface area contributed by atoms with Crippen molar-refractivity contribution in [3.8, 4) is 0 Å². The average molecular weight is 316 g/mol. The van der Waals surface area contributed by atoms with Crippen molar-refractivity contribution >= 4 is 5.91 Å². The van der Waals surface area contributed by atoms with Gasteiger partial charge in [0.25, 0.3) is 0 Å². The molecule has 0 radical (unpaired) electrons. The van der Waals surface area contributed by atoms with E-state index in [9.17, 15) is 4.79 Å². The highest BCUT2D eigenvalue weighted by Gasteiger charge is 2.70. The van der Waals surface area contributed by atoms with Crippen LogP contribution in [0.5, 0.6) is 0 Å². The summed E-state index contributed by atoms with van der Waals surface area (Å²) in [7, 11) is 1.85. The van der Waals surface area contributed by atoms with Crippen LogP contribution in [0.1, 0.15) is 37.8 Å². The van der Waals surface area contributed by atoms with E-state index in [1.807, 2.05) is 7.05 Å². The summed E-state index contributed by atoms with van der Waals surface area (Å²) in [6.07, 6.45) is 2.08. The molecule has 23 heavy (non-hydrogen) atoms. The number of carbonyl (C=O) groups excluding carboxylic acids is 1. The fraction of sp³-hybridized carbons (Fsp3) is 0.632. The number of nitrogens with two attached hydrogens (primary N) is 1. The van der Waals surface area contributed by atoms with Crippen LogP contribution in [0.25, 0.3) is 0 Å². The van der Waals surface area contributed by atoms with Crippen LogP contribution >= 0.6 is 0 Å². The molecule has 1 saturated carbocycles. The number of ether oxygens (including phenoxy) is 1. The number of amides is 1. The van der Waals surface area contributed by atoms with E-state index < -0.39 is 5.54 Å². The van der Waals surface area contributed by atoms with Crippen molar-refractivity contribution < 1.29 is 9.53 Å². The molecule has 4 heteroatoms. The third kappa shape index (κ3) is 2.39. The maximum absolute atomic E-state index is 13.1. The van der Waals surface area contributed by atoms with Gasteiger partial charge in [0.2, 0.25) is 5.91 Å². The number of hydrogen-bond donors (Lipinski definition) is 1. The maximum Gasteiger partial charge on any atom is 0.243 e. The van der Waals surface area contributed by atoms with Crippen molar-refractivity contribution in [2.24, 2.45) is 17.1 Å². The first kappa shape index (κ1) is 16.5. The Balaban J connectivity index is 1.77. The highest BCUT2D eigenvalue weighted by atomic mass is 16.5. The molecule has 1 aromatic carbocycles. The van der Waals surface area contributed by atoms with Gasteiger partial charge in [-0.25, -0.2) is 0 Å². The molecular weight excluding hydrogens is 288 g/mol. The monoisotopic (exact) mass is 316 g/mol. The van der Waals surface area contributed by atoms with Crippen molar-refractivity contribution in [3.63, 3.8) is 0 Å². The Hall–Kier alpha value is -1.39. The van der Waals surface area contributed by atoms with E-state index in [0.717, 1.165) is 25.0 Å². The Bertz CT molecular complexity index is 596. The fourth-order valence-corrected chi connectivity index (χ4v) is 4.36. The molecule has 3 atom stereocenters. The Morgan fingerprint density at radius 1 is 1.35 bits per heavy atom. The van der Waals surface area contributed by atoms with Gasteiger partial charge in [-0.2, -0.15) is 0 Å². The molecule has 0 spiro atoms. The summed E-state index contributed by atoms with van der Waals surface area (Å²) in [5.41, 5.74) is 7.89. The smallest absolute Gasteiger partial charge is 0.243 e. The summed E-state index contributed by atoms with van der Waals surface area (Å²) in [4.78, 5) is 14.9. The van der Waals surface area contributed by atoms with Gasteiger partial charge >= 0.3 is 0 Å². The van der Waals surface area contributed by atoms with Crippen molar-refractivity contribution in [2.75, 3.05) is 13.7 Å². The van der Waals surface area contributed by atoms with Crippen LogP contribution in [-0.2, 0) is 16.1 Å². The van der Waals surface area contributed by atoms with Crippen LogP contribution < -0.4 is 5.73 Å². The van der Waals surface area contributed by atoms with E-state index >= 15 is 0 Å². The Kier molecular flexibility index (Phi) is 4.01. The number of carbonyl (C=O) groups is 1. The van der Waals surface area contributed by atoms with E-state index in [2.05, 4.69) is 45.0 Å². The summed E-state index contributed by atoms with van der Waals surface area (Å²) < 4.78 is 5.90. The number of rotatable bonds is 3. The zero-order valence-electron chi connectivity index (χ0n) is 14.6. The SMILES string of the molecule is Cc1ccc(CN(C)C(=O)C2(N)C3CCCOC3C2(C)C)cc1. The summed E-state index contributed by atoms with van der Waals surface area (Å²) >= 11 is 0. The molecule has 2 N–H and O–H groups in total. The zero-order valence-corrected chi connectivity index (χ0v) is 14.6. The minimum absolute atomic E-state index is 0.0369. The summed E-state index contributed by atoms with van der Waals surface area (Å²) in [6, 6.07) is 8.29. The first-order chi connectivity index (χ1) is 10.8. The lowest BCUT2D eigenvalue weighted by atomic mass is 9.46. The molecule has 1 heterocycles. The van der Waals surface area contributed by atoms with Crippen LogP contribution in [-0.4, -0.2) is 36.1 Å². The fourth-order valence-electron chi connectivity index (χ4n) is 4.36. The van der Waals surface area contributed by atoms with Gasteiger partial charge in [0, 0.05) is 31.5 Å². The zero-order chi connectivity index (χ0) is 16.8. The molecule has 2 fully saturated rings. The highest BCUT2D eigenvalue weighted by molar-refractivity contribution is 5.89. The van der Waals surface area contributed by atoms with E-state index in [1.54, 1.807) is 4.90 Å². The Morgan fingerprint density at radius 3 is 2.65 bits per heavy atom. The lowest BCUT2D eigenvalue weighted by Gasteiger charge is -2.65. The molecule has 2 aliphatic rings. The first-order valence-corrected chi connectivity index (χ1v) is 8.50. The van der Waals surface area contributed by atoms with E-state index in [0.29, 0.717) is 6.54 Å². The lowest BCUT2D eigenvalue weighted by molar-refractivity contribution is -0.229. The molecule has 1 aliphatic heterocycles. The molecule has 0 bridgehead atoms. The van der Waals surface area contributed by atoms with E-state index in [-0.39, 0.29) is 23.3 Å². The normalized spacial score (nSPS) is 31.9. The quantitative estimate of drug-likeness (QED) is 0.932. The number of fused-ring (bicyclic) bond motifs is 1. The van der Waals surface area contributed by atoms with Gasteiger partial charge < -0.3 is 15.4 Å². The largest absolute Gasteiger partial charge is 0.377 e. The molecular formula is C19H28N2O2. The number of hydrogen-bond acceptors (Lipinski definition) is 3. The highest BCUT2D eigenvalue weighted by Crippen LogP contribution is 2.57. The molecule has 3 unspecified atom stereocenters. The second-order valence-corrected chi connectivity index (χ2v) is 7.78. The second-order valence-electron chi connectivity index (χ2n) is 7.78. The maximum atomic E-state index is 13.1. The van der Waals surface area contributed by atoms with Gasteiger partial charge in [0.1, 0.15) is 5.54 Å². The summed E-state index contributed by atoms with van der Waals surface area (Å²) in [5.74, 6) is 0.175. The molecule has 1 aromatic rings. The molecule has 3 rings (SSSR count). The molecule has 4 nitrogen and oxygen atoms in total. The first-order valence-electron chi connectivity index (χ1n) is 8.50. The van der Waals surface area contributed by atoms with Gasteiger partial charge in [0.05, 0.1) is 6.10 Å². The summed E-state index contributed by atoms with van der Waals surface area (Å²) in [6.45, 7) is 7.57. The van der Waals surface area contributed by atoms with Gasteiger partial charge in [0.15, 0.2) is 0 Å². The van der Waals surface area contributed by atoms with Gasteiger partial charge in [-0.1, -0.05) is 43.7 Å². The number of benzene rings is 1. The number of nitrogens with zero attached hydrogens (tertiary/aromatic N) is 1. The van der Waals surface area contributed by atoms with Gasteiger partial charge in [-0.05, 0) is 25.3 Å². The van der Waals surface area contributed by atoms with Crippen molar-refractivity contribution in [2.45, 2.75) is 51.8 Å². The van der Waals surface area contributed by atoms with E-state index in [1.165, 1.54) is 5.56 Å². The summed E-state index contributed by atoms with van der Waals surface area (Å²) in [5, 5.41) is 0. The predicted octanol–water partition coefficient (Wildman–Crippen LogP) is 2.49. The van der Waals surface area contributed by atoms with Crippen LogP contribution in [0.15, 0.2) is 24.3 Å². The average Bonchev–Trinajstić information content (AvgIpc) is 2.55. The van der Waals surface area contributed by atoms with Crippen LogP contribution in [0.4, 0.5) is 0 Å². The third-order valence-electron chi connectivity index (χ3n) is 5.93. The Labute approximate surface area is 139 Å². The predicted molar refractivity (Wildman–Crippen MR) is 90.8 cm³/mol. The molecule has 126 valence electrons.